The summed E-state index contributed by atoms with van der Waals surface area (Å²) in [7, 11) is 0. The SMILES string of the molecule is CCCOc1ccc(/C=C(\C)C(=O)N[C@H]2[C@@H](OC(C)=O)[C@@H]3OCO[C@@H]3[C@H](OC(C)=O)[C@H]2OC(C)=O)cc1O. The standard InChI is InChI=1S/C26H33NO11/c1-6-9-33-19-8-7-17(11-18(19)31)10-13(2)26(32)27-20-21(36-14(3)28)23-24(35-12-34-23)25(38-16(5)30)22(20)37-15(4)29/h7-8,10-11,20-25,31H,6,9,12H2,1-5H3,(H,27,32)/b13-10+/t20-,21+,22-,23-,24-,25+/m0/s1. The zero-order valence-corrected chi connectivity index (χ0v) is 21.9. The van der Waals surface area contributed by atoms with Gasteiger partial charge in [-0.3, -0.25) is 19.2 Å². The van der Waals surface area contributed by atoms with Crippen molar-refractivity contribution in [1.82, 2.24) is 5.32 Å². The first-order chi connectivity index (χ1) is 18.0. The van der Waals surface area contributed by atoms with Gasteiger partial charge < -0.3 is 38.8 Å². The molecule has 1 amide bonds. The number of phenols is 1. The highest BCUT2D eigenvalue weighted by Crippen LogP contribution is 2.35. The normalized spacial score (nSPS) is 26.6. The van der Waals surface area contributed by atoms with E-state index >= 15 is 0 Å². The second-order valence-corrected chi connectivity index (χ2v) is 9.00. The monoisotopic (exact) mass is 535 g/mol. The van der Waals surface area contributed by atoms with E-state index in [0.717, 1.165) is 13.3 Å². The van der Waals surface area contributed by atoms with Crippen molar-refractivity contribution in [2.24, 2.45) is 0 Å². The number of carbonyl (C=O) groups excluding carboxylic acids is 4. The average Bonchev–Trinajstić information content (AvgIpc) is 3.32. The van der Waals surface area contributed by atoms with Gasteiger partial charge in [0.15, 0.2) is 29.8 Å². The topological polar surface area (TPSA) is 156 Å². The summed E-state index contributed by atoms with van der Waals surface area (Å²) in [5, 5.41) is 13.0. The maximum Gasteiger partial charge on any atom is 0.303 e. The fraction of sp³-hybridized carbons (Fsp3) is 0.538. The van der Waals surface area contributed by atoms with Crippen LogP contribution in [0.1, 0.15) is 46.6 Å². The minimum absolute atomic E-state index is 0.0776. The number of hydrogen-bond acceptors (Lipinski definition) is 11. The summed E-state index contributed by atoms with van der Waals surface area (Å²) in [5.74, 6) is -2.38. The van der Waals surface area contributed by atoms with Gasteiger partial charge in [0.1, 0.15) is 25.0 Å². The van der Waals surface area contributed by atoms with Gasteiger partial charge in [0.05, 0.1) is 6.61 Å². The first-order valence-electron chi connectivity index (χ1n) is 12.2. The third-order valence-electron chi connectivity index (χ3n) is 5.91. The minimum Gasteiger partial charge on any atom is -0.504 e. The van der Waals surface area contributed by atoms with Crippen LogP contribution in [0.3, 0.4) is 0 Å². The zero-order valence-electron chi connectivity index (χ0n) is 21.9. The van der Waals surface area contributed by atoms with Crippen LogP contribution in [0.5, 0.6) is 11.5 Å². The Morgan fingerprint density at radius 2 is 1.53 bits per heavy atom. The van der Waals surface area contributed by atoms with E-state index in [-0.39, 0.29) is 18.1 Å². The lowest BCUT2D eigenvalue weighted by molar-refractivity contribution is -0.205. The lowest BCUT2D eigenvalue weighted by atomic mass is 9.82. The predicted octanol–water partition coefficient (Wildman–Crippen LogP) is 1.62. The van der Waals surface area contributed by atoms with Gasteiger partial charge in [0.25, 0.3) is 0 Å². The molecule has 1 aliphatic heterocycles. The molecular weight excluding hydrogens is 502 g/mol. The minimum atomic E-state index is -1.25. The lowest BCUT2D eigenvalue weighted by Gasteiger charge is -2.45. The predicted molar refractivity (Wildman–Crippen MR) is 131 cm³/mol. The summed E-state index contributed by atoms with van der Waals surface area (Å²) in [6, 6.07) is 3.58. The van der Waals surface area contributed by atoms with E-state index in [0.29, 0.717) is 17.9 Å². The summed E-state index contributed by atoms with van der Waals surface area (Å²) >= 11 is 0. The second kappa shape index (κ2) is 12.7. The van der Waals surface area contributed by atoms with Crippen LogP contribution in [-0.2, 0) is 42.9 Å². The Balaban J connectivity index is 1.91. The van der Waals surface area contributed by atoms with Crippen molar-refractivity contribution in [2.75, 3.05) is 13.4 Å². The summed E-state index contributed by atoms with van der Waals surface area (Å²) in [5.41, 5.74) is 0.755. The zero-order chi connectivity index (χ0) is 28.0. The Bertz CT molecular complexity index is 1080. The maximum atomic E-state index is 13.3. The van der Waals surface area contributed by atoms with E-state index in [1.54, 1.807) is 19.1 Å². The van der Waals surface area contributed by atoms with E-state index in [9.17, 15) is 24.3 Å². The van der Waals surface area contributed by atoms with Gasteiger partial charge in [0.2, 0.25) is 5.91 Å². The van der Waals surface area contributed by atoms with Crippen molar-refractivity contribution >= 4 is 29.9 Å². The number of benzene rings is 1. The van der Waals surface area contributed by atoms with Crippen molar-refractivity contribution in [3.8, 4) is 11.5 Å². The van der Waals surface area contributed by atoms with Crippen LogP contribution in [0.25, 0.3) is 6.08 Å². The lowest BCUT2D eigenvalue weighted by Crippen LogP contribution is -2.70. The van der Waals surface area contributed by atoms with E-state index < -0.39 is 60.4 Å². The second-order valence-electron chi connectivity index (χ2n) is 9.00. The van der Waals surface area contributed by atoms with Gasteiger partial charge in [-0.1, -0.05) is 13.0 Å². The molecule has 3 rings (SSSR count). The Morgan fingerprint density at radius 3 is 2.11 bits per heavy atom. The summed E-state index contributed by atoms with van der Waals surface area (Å²) < 4.78 is 33.0. The van der Waals surface area contributed by atoms with Crippen molar-refractivity contribution in [2.45, 2.75) is 77.6 Å². The Kier molecular flexibility index (Phi) is 9.70. The molecule has 208 valence electrons. The molecule has 2 N–H and O–H groups in total. The number of esters is 3. The molecule has 38 heavy (non-hydrogen) atoms. The van der Waals surface area contributed by atoms with E-state index in [2.05, 4.69) is 5.32 Å². The molecule has 0 aromatic heterocycles. The molecule has 12 nitrogen and oxygen atoms in total. The molecule has 0 spiro atoms. The largest absolute Gasteiger partial charge is 0.504 e. The number of fused-ring (bicyclic) bond motifs is 1. The highest BCUT2D eigenvalue weighted by Gasteiger charge is 2.59. The third kappa shape index (κ3) is 7.01. The molecule has 1 aromatic rings. The third-order valence-corrected chi connectivity index (χ3v) is 5.91. The van der Waals surface area contributed by atoms with Crippen LogP contribution in [0, 0.1) is 0 Å². The molecule has 1 saturated heterocycles. The fourth-order valence-corrected chi connectivity index (χ4v) is 4.43. The number of phenolic OH excluding ortho intramolecular Hbond substituents is 1. The number of aromatic hydroxyl groups is 1. The van der Waals surface area contributed by atoms with Gasteiger partial charge in [0, 0.05) is 26.3 Å². The molecule has 2 fully saturated rings. The number of ether oxygens (including phenoxy) is 6. The van der Waals surface area contributed by atoms with Crippen molar-refractivity contribution < 1.29 is 52.7 Å². The summed E-state index contributed by atoms with van der Waals surface area (Å²) in [6.45, 7) is 7.29. The van der Waals surface area contributed by atoms with Crippen LogP contribution in [0.2, 0.25) is 0 Å². The molecule has 1 aromatic carbocycles. The van der Waals surface area contributed by atoms with Gasteiger partial charge >= 0.3 is 17.9 Å². The van der Waals surface area contributed by atoms with Crippen molar-refractivity contribution in [3.05, 3.63) is 29.3 Å². The molecular formula is C26H33NO11. The number of amides is 1. The first kappa shape index (κ1) is 28.9. The molecule has 6 atom stereocenters. The van der Waals surface area contributed by atoms with Crippen LogP contribution in [0.15, 0.2) is 23.8 Å². The molecule has 1 saturated carbocycles. The fourth-order valence-electron chi connectivity index (χ4n) is 4.43. The van der Waals surface area contributed by atoms with Crippen LogP contribution >= 0.6 is 0 Å². The Labute approximate surface area is 220 Å². The maximum absolute atomic E-state index is 13.3. The summed E-state index contributed by atoms with van der Waals surface area (Å²) in [6.07, 6.45) is -3.01. The number of rotatable bonds is 9. The number of nitrogens with one attached hydrogen (secondary N) is 1. The Morgan fingerprint density at radius 1 is 0.947 bits per heavy atom. The van der Waals surface area contributed by atoms with Crippen LogP contribution in [0.4, 0.5) is 0 Å². The van der Waals surface area contributed by atoms with Gasteiger partial charge in [-0.25, -0.2) is 0 Å². The molecule has 12 heteroatoms. The molecule has 2 aliphatic rings. The molecule has 0 unspecified atom stereocenters. The highest BCUT2D eigenvalue weighted by atomic mass is 16.7. The number of hydrogen-bond donors (Lipinski definition) is 2. The van der Waals surface area contributed by atoms with Gasteiger partial charge in [-0.15, -0.1) is 0 Å². The van der Waals surface area contributed by atoms with E-state index in [1.165, 1.54) is 26.0 Å². The highest BCUT2D eigenvalue weighted by molar-refractivity contribution is 5.97. The molecule has 0 bridgehead atoms. The average molecular weight is 536 g/mol. The van der Waals surface area contributed by atoms with Gasteiger partial charge in [-0.2, -0.15) is 0 Å². The molecule has 0 radical (unpaired) electrons. The summed E-state index contributed by atoms with van der Waals surface area (Å²) in [4.78, 5) is 49.1. The van der Waals surface area contributed by atoms with Crippen molar-refractivity contribution in [3.63, 3.8) is 0 Å². The quantitative estimate of drug-likeness (QED) is 0.269. The van der Waals surface area contributed by atoms with E-state index in [1.807, 2.05) is 6.92 Å². The molecule has 1 heterocycles. The van der Waals surface area contributed by atoms with Crippen molar-refractivity contribution in [1.29, 1.82) is 0 Å². The Hall–Kier alpha value is -3.64. The van der Waals surface area contributed by atoms with Gasteiger partial charge in [-0.05, 0) is 37.1 Å². The number of carbonyl (C=O) groups is 4. The van der Waals surface area contributed by atoms with Crippen LogP contribution in [-0.4, -0.2) is 78.9 Å². The van der Waals surface area contributed by atoms with E-state index in [4.69, 9.17) is 28.4 Å². The molecule has 1 aliphatic carbocycles. The first-order valence-corrected chi connectivity index (χ1v) is 12.2. The van der Waals surface area contributed by atoms with Crippen LogP contribution < -0.4 is 10.1 Å². The smallest absolute Gasteiger partial charge is 0.303 e.